The summed E-state index contributed by atoms with van der Waals surface area (Å²) in [5, 5.41) is 0. The predicted octanol–water partition coefficient (Wildman–Crippen LogP) is 1.87. The molecule has 0 N–H and O–H groups in total. The summed E-state index contributed by atoms with van der Waals surface area (Å²) < 4.78 is 15.9. The van der Waals surface area contributed by atoms with Crippen molar-refractivity contribution in [3.8, 4) is 5.75 Å². The second kappa shape index (κ2) is 5.73. The van der Waals surface area contributed by atoms with Gasteiger partial charge in [-0.05, 0) is 12.1 Å². The Labute approximate surface area is 90.0 Å². The first kappa shape index (κ1) is 10.5. The van der Waals surface area contributed by atoms with E-state index in [1.54, 1.807) is 0 Å². The zero-order valence-electron chi connectivity index (χ0n) is 8.72. The summed E-state index contributed by atoms with van der Waals surface area (Å²) in [6.45, 7) is 3.04. The summed E-state index contributed by atoms with van der Waals surface area (Å²) in [7, 11) is 0. The van der Waals surface area contributed by atoms with Gasteiger partial charge in [-0.15, -0.1) is 0 Å². The molecule has 1 saturated heterocycles. The summed E-state index contributed by atoms with van der Waals surface area (Å²) in [5.41, 5.74) is 0. The van der Waals surface area contributed by atoms with E-state index >= 15 is 0 Å². The molecule has 1 aliphatic rings. The molecule has 1 heterocycles. The third kappa shape index (κ3) is 4.32. The van der Waals surface area contributed by atoms with Crippen molar-refractivity contribution in [3.05, 3.63) is 30.3 Å². The van der Waals surface area contributed by atoms with Gasteiger partial charge >= 0.3 is 0 Å². The van der Waals surface area contributed by atoms with Crippen molar-refractivity contribution in [3.63, 3.8) is 0 Å². The van der Waals surface area contributed by atoms with E-state index < -0.39 is 0 Å². The van der Waals surface area contributed by atoms with Crippen LogP contribution < -0.4 is 4.74 Å². The highest BCUT2D eigenvalue weighted by Gasteiger charge is 2.21. The van der Waals surface area contributed by atoms with Crippen LogP contribution in [0, 0.1) is 0 Å². The second-order valence-electron chi connectivity index (χ2n) is 3.55. The Kier molecular flexibility index (Phi) is 4.00. The van der Waals surface area contributed by atoms with E-state index in [2.05, 4.69) is 0 Å². The monoisotopic (exact) mass is 208 g/mol. The number of benzene rings is 1. The molecular formula is C12H16O3. The van der Waals surface area contributed by atoms with Crippen LogP contribution in [-0.2, 0) is 9.47 Å². The first-order valence-electron chi connectivity index (χ1n) is 5.32. The Bertz CT molecular complexity index is 269. The molecule has 0 saturated carbocycles. The van der Waals surface area contributed by atoms with Crippen LogP contribution in [0.5, 0.6) is 5.75 Å². The highest BCUT2D eigenvalue weighted by molar-refractivity contribution is 5.20. The molecule has 0 amide bonds. The fourth-order valence-electron chi connectivity index (χ4n) is 1.25. The van der Waals surface area contributed by atoms with E-state index in [0.717, 1.165) is 32.0 Å². The van der Waals surface area contributed by atoms with Crippen LogP contribution in [0.2, 0.25) is 0 Å². The van der Waals surface area contributed by atoms with E-state index in [1.165, 1.54) is 0 Å². The van der Waals surface area contributed by atoms with Gasteiger partial charge in [-0.1, -0.05) is 18.2 Å². The number of hydrogen-bond donors (Lipinski definition) is 0. The van der Waals surface area contributed by atoms with E-state index in [0.29, 0.717) is 12.7 Å². The molecule has 15 heavy (non-hydrogen) atoms. The minimum Gasteiger partial charge on any atom is -0.494 e. The van der Waals surface area contributed by atoms with E-state index in [1.807, 2.05) is 30.3 Å². The Morgan fingerprint density at radius 2 is 2.00 bits per heavy atom. The molecule has 1 unspecified atom stereocenters. The van der Waals surface area contributed by atoms with Crippen molar-refractivity contribution in [2.24, 2.45) is 0 Å². The molecule has 82 valence electrons. The molecule has 1 atom stereocenters. The van der Waals surface area contributed by atoms with Crippen LogP contribution in [0.3, 0.4) is 0 Å². The molecule has 0 aliphatic carbocycles. The third-order valence-electron chi connectivity index (χ3n) is 2.15. The summed E-state index contributed by atoms with van der Waals surface area (Å²) in [6, 6.07) is 9.83. The van der Waals surface area contributed by atoms with Gasteiger partial charge in [0.15, 0.2) is 0 Å². The Balaban J connectivity index is 1.47. The second-order valence-corrected chi connectivity index (χ2v) is 3.55. The van der Waals surface area contributed by atoms with Crippen LogP contribution in [-0.4, -0.2) is 32.5 Å². The number of rotatable bonds is 7. The average Bonchev–Trinajstić information content (AvgIpc) is 3.09. The standard InChI is InChI=1S/C12H16O3/c1-2-5-11(6-3-1)14-8-4-7-13-9-12-10-15-12/h1-3,5-6,12H,4,7-10H2. The van der Waals surface area contributed by atoms with Gasteiger partial charge in [0.05, 0.1) is 19.8 Å². The average molecular weight is 208 g/mol. The molecule has 3 nitrogen and oxygen atoms in total. The molecule has 0 spiro atoms. The van der Waals surface area contributed by atoms with Crippen molar-refractivity contribution < 1.29 is 14.2 Å². The highest BCUT2D eigenvalue weighted by Crippen LogP contribution is 2.09. The highest BCUT2D eigenvalue weighted by atomic mass is 16.6. The normalized spacial score (nSPS) is 18.8. The number of para-hydroxylation sites is 1. The molecule has 1 aromatic carbocycles. The van der Waals surface area contributed by atoms with E-state index in [4.69, 9.17) is 14.2 Å². The van der Waals surface area contributed by atoms with Gasteiger partial charge in [-0.2, -0.15) is 0 Å². The topological polar surface area (TPSA) is 31.0 Å². The molecule has 1 fully saturated rings. The fraction of sp³-hybridized carbons (Fsp3) is 0.500. The summed E-state index contributed by atoms with van der Waals surface area (Å²) in [4.78, 5) is 0. The molecule has 0 aromatic heterocycles. The van der Waals surface area contributed by atoms with Gasteiger partial charge in [0, 0.05) is 13.0 Å². The van der Waals surface area contributed by atoms with Crippen molar-refractivity contribution in [2.75, 3.05) is 26.4 Å². The van der Waals surface area contributed by atoms with Gasteiger partial charge in [-0.3, -0.25) is 0 Å². The quantitative estimate of drug-likeness (QED) is 0.506. The lowest BCUT2D eigenvalue weighted by Gasteiger charge is -2.05. The van der Waals surface area contributed by atoms with Gasteiger partial charge in [0.25, 0.3) is 0 Å². The van der Waals surface area contributed by atoms with Crippen LogP contribution in [0.4, 0.5) is 0 Å². The summed E-state index contributed by atoms with van der Waals surface area (Å²) >= 11 is 0. The minimum atomic E-state index is 0.361. The molecule has 0 bridgehead atoms. The number of epoxide rings is 1. The molecule has 1 aromatic rings. The van der Waals surface area contributed by atoms with Gasteiger partial charge in [0.2, 0.25) is 0 Å². The number of ether oxygens (including phenoxy) is 3. The van der Waals surface area contributed by atoms with Gasteiger partial charge < -0.3 is 14.2 Å². The SMILES string of the molecule is c1ccc(OCCCOCC2CO2)cc1. The first-order chi connectivity index (χ1) is 7.45. The predicted molar refractivity (Wildman–Crippen MR) is 57.1 cm³/mol. The molecule has 1 aliphatic heterocycles. The Morgan fingerprint density at radius 3 is 2.73 bits per heavy atom. The molecule has 0 radical (unpaired) electrons. The van der Waals surface area contributed by atoms with Crippen LogP contribution in [0.25, 0.3) is 0 Å². The largest absolute Gasteiger partial charge is 0.494 e. The van der Waals surface area contributed by atoms with Gasteiger partial charge in [0.1, 0.15) is 11.9 Å². The summed E-state index contributed by atoms with van der Waals surface area (Å²) in [6.07, 6.45) is 1.28. The Morgan fingerprint density at radius 1 is 1.20 bits per heavy atom. The lowest BCUT2D eigenvalue weighted by atomic mass is 10.3. The third-order valence-corrected chi connectivity index (χ3v) is 2.15. The zero-order chi connectivity index (χ0) is 10.3. The maximum absolute atomic E-state index is 5.52. The van der Waals surface area contributed by atoms with Crippen LogP contribution in [0.15, 0.2) is 30.3 Å². The number of hydrogen-bond acceptors (Lipinski definition) is 3. The van der Waals surface area contributed by atoms with Crippen molar-refractivity contribution in [1.82, 2.24) is 0 Å². The molecular weight excluding hydrogens is 192 g/mol. The smallest absolute Gasteiger partial charge is 0.119 e. The van der Waals surface area contributed by atoms with Crippen molar-refractivity contribution in [1.29, 1.82) is 0 Å². The minimum absolute atomic E-state index is 0.361. The van der Waals surface area contributed by atoms with Gasteiger partial charge in [-0.25, -0.2) is 0 Å². The first-order valence-corrected chi connectivity index (χ1v) is 5.32. The van der Waals surface area contributed by atoms with E-state index in [9.17, 15) is 0 Å². The fourth-order valence-corrected chi connectivity index (χ4v) is 1.25. The maximum Gasteiger partial charge on any atom is 0.119 e. The van der Waals surface area contributed by atoms with Crippen molar-refractivity contribution >= 4 is 0 Å². The van der Waals surface area contributed by atoms with E-state index in [-0.39, 0.29) is 0 Å². The summed E-state index contributed by atoms with van der Waals surface area (Å²) in [5.74, 6) is 0.919. The van der Waals surface area contributed by atoms with Crippen LogP contribution in [0.1, 0.15) is 6.42 Å². The maximum atomic E-state index is 5.52. The van der Waals surface area contributed by atoms with Crippen molar-refractivity contribution in [2.45, 2.75) is 12.5 Å². The lowest BCUT2D eigenvalue weighted by Crippen LogP contribution is -2.06. The Hall–Kier alpha value is -1.06. The zero-order valence-corrected chi connectivity index (χ0v) is 8.72. The molecule has 2 rings (SSSR count). The molecule has 3 heteroatoms. The lowest BCUT2D eigenvalue weighted by molar-refractivity contribution is 0.104. The van der Waals surface area contributed by atoms with Crippen LogP contribution >= 0.6 is 0 Å².